The van der Waals surface area contributed by atoms with Crippen LogP contribution in [0.4, 0.5) is 0 Å². The third-order valence-electron chi connectivity index (χ3n) is 3.51. The molecule has 4 heteroatoms. The standard InChI is InChI=1S/C17H13ClO3/c1-10-14-8-7-13(20-2)9-15(14)21-17(19)16(10)11-3-5-12(18)6-4-11/h3-9H,1-2H3. The zero-order valence-corrected chi connectivity index (χ0v) is 12.4. The van der Waals surface area contributed by atoms with Gasteiger partial charge in [-0.3, -0.25) is 0 Å². The van der Waals surface area contributed by atoms with E-state index >= 15 is 0 Å². The Balaban J connectivity index is 2.29. The van der Waals surface area contributed by atoms with Crippen molar-refractivity contribution in [2.75, 3.05) is 7.11 Å². The van der Waals surface area contributed by atoms with Crippen molar-refractivity contribution in [3.8, 4) is 16.9 Å². The highest BCUT2D eigenvalue weighted by molar-refractivity contribution is 6.30. The van der Waals surface area contributed by atoms with Crippen molar-refractivity contribution < 1.29 is 9.15 Å². The van der Waals surface area contributed by atoms with E-state index in [1.54, 1.807) is 25.3 Å². The Morgan fingerprint density at radius 1 is 1.10 bits per heavy atom. The first-order valence-electron chi connectivity index (χ1n) is 6.47. The lowest BCUT2D eigenvalue weighted by atomic mass is 10.00. The summed E-state index contributed by atoms with van der Waals surface area (Å²) in [6, 6.07) is 12.6. The highest BCUT2D eigenvalue weighted by Gasteiger charge is 2.13. The van der Waals surface area contributed by atoms with E-state index in [4.69, 9.17) is 20.8 Å². The van der Waals surface area contributed by atoms with Crippen LogP contribution in [0.3, 0.4) is 0 Å². The second-order valence-corrected chi connectivity index (χ2v) is 5.19. The molecule has 0 fully saturated rings. The first kappa shape index (κ1) is 13.7. The lowest BCUT2D eigenvalue weighted by Crippen LogP contribution is -2.06. The number of ether oxygens (including phenoxy) is 1. The number of hydrogen-bond donors (Lipinski definition) is 0. The van der Waals surface area contributed by atoms with Crippen LogP contribution in [0.15, 0.2) is 51.7 Å². The Morgan fingerprint density at radius 3 is 2.48 bits per heavy atom. The summed E-state index contributed by atoms with van der Waals surface area (Å²) in [4.78, 5) is 12.3. The van der Waals surface area contributed by atoms with E-state index in [1.165, 1.54) is 0 Å². The Morgan fingerprint density at radius 2 is 1.81 bits per heavy atom. The van der Waals surface area contributed by atoms with Crippen LogP contribution in [0.2, 0.25) is 5.02 Å². The summed E-state index contributed by atoms with van der Waals surface area (Å²) < 4.78 is 10.6. The highest BCUT2D eigenvalue weighted by atomic mass is 35.5. The summed E-state index contributed by atoms with van der Waals surface area (Å²) in [7, 11) is 1.58. The van der Waals surface area contributed by atoms with Gasteiger partial charge in [-0.1, -0.05) is 23.7 Å². The largest absolute Gasteiger partial charge is 0.497 e. The minimum atomic E-state index is -0.365. The first-order chi connectivity index (χ1) is 10.1. The van der Waals surface area contributed by atoms with Crippen LogP contribution in [-0.2, 0) is 0 Å². The minimum absolute atomic E-state index is 0.365. The van der Waals surface area contributed by atoms with E-state index in [0.29, 0.717) is 21.9 Å². The number of rotatable bonds is 2. The molecule has 2 aromatic carbocycles. The van der Waals surface area contributed by atoms with Crippen LogP contribution in [0.1, 0.15) is 5.56 Å². The van der Waals surface area contributed by atoms with E-state index in [1.807, 2.05) is 31.2 Å². The number of fused-ring (bicyclic) bond motifs is 1. The lowest BCUT2D eigenvalue weighted by Gasteiger charge is -2.09. The van der Waals surface area contributed by atoms with Gasteiger partial charge >= 0.3 is 5.63 Å². The van der Waals surface area contributed by atoms with E-state index < -0.39 is 0 Å². The molecule has 106 valence electrons. The topological polar surface area (TPSA) is 39.4 Å². The smallest absolute Gasteiger partial charge is 0.344 e. The second-order valence-electron chi connectivity index (χ2n) is 4.76. The molecule has 0 saturated carbocycles. The van der Waals surface area contributed by atoms with Gasteiger partial charge in [-0.25, -0.2) is 4.79 Å². The molecule has 0 aliphatic rings. The van der Waals surface area contributed by atoms with Crippen LogP contribution in [0.25, 0.3) is 22.1 Å². The molecule has 3 nitrogen and oxygen atoms in total. The van der Waals surface area contributed by atoms with Crippen molar-refractivity contribution in [2.24, 2.45) is 0 Å². The van der Waals surface area contributed by atoms with Gasteiger partial charge in [0.05, 0.1) is 12.7 Å². The molecule has 21 heavy (non-hydrogen) atoms. The number of aryl methyl sites for hydroxylation is 1. The van der Waals surface area contributed by atoms with Gasteiger partial charge in [0, 0.05) is 16.5 Å². The van der Waals surface area contributed by atoms with Gasteiger partial charge < -0.3 is 9.15 Å². The summed E-state index contributed by atoms with van der Waals surface area (Å²) in [5, 5.41) is 1.52. The quantitative estimate of drug-likeness (QED) is 0.657. The molecular formula is C17H13ClO3. The average Bonchev–Trinajstić information content (AvgIpc) is 2.48. The van der Waals surface area contributed by atoms with Gasteiger partial charge in [0.1, 0.15) is 11.3 Å². The third kappa shape index (κ3) is 2.41. The van der Waals surface area contributed by atoms with Crippen molar-refractivity contribution in [3.05, 3.63) is 63.5 Å². The maximum Gasteiger partial charge on any atom is 0.344 e. The van der Waals surface area contributed by atoms with Crippen molar-refractivity contribution in [1.29, 1.82) is 0 Å². The predicted molar refractivity (Wildman–Crippen MR) is 84.2 cm³/mol. The van der Waals surface area contributed by atoms with Gasteiger partial charge in [-0.15, -0.1) is 0 Å². The van der Waals surface area contributed by atoms with Gasteiger partial charge in [0.2, 0.25) is 0 Å². The molecule has 0 atom stereocenters. The molecule has 3 aromatic rings. The summed E-state index contributed by atoms with van der Waals surface area (Å²) in [6.45, 7) is 1.91. The van der Waals surface area contributed by atoms with Gasteiger partial charge in [0.15, 0.2) is 0 Å². The summed E-state index contributed by atoms with van der Waals surface area (Å²) in [6.07, 6.45) is 0. The van der Waals surface area contributed by atoms with Crippen LogP contribution < -0.4 is 10.4 Å². The predicted octanol–water partition coefficient (Wildman–Crippen LogP) is 4.43. The number of hydrogen-bond acceptors (Lipinski definition) is 3. The van der Waals surface area contributed by atoms with Crippen molar-refractivity contribution in [1.82, 2.24) is 0 Å². The van der Waals surface area contributed by atoms with Crippen LogP contribution in [0, 0.1) is 6.92 Å². The van der Waals surface area contributed by atoms with E-state index in [9.17, 15) is 4.79 Å². The molecule has 1 heterocycles. The molecule has 0 spiro atoms. The maximum atomic E-state index is 12.3. The summed E-state index contributed by atoms with van der Waals surface area (Å²) in [5.41, 5.74) is 2.39. The van der Waals surface area contributed by atoms with E-state index in [-0.39, 0.29) is 5.63 Å². The normalized spacial score (nSPS) is 10.8. The van der Waals surface area contributed by atoms with Crippen LogP contribution in [-0.4, -0.2) is 7.11 Å². The van der Waals surface area contributed by atoms with Gasteiger partial charge in [-0.2, -0.15) is 0 Å². The molecule has 0 bridgehead atoms. The molecule has 0 unspecified atom stereocenters. The number of methoxy groups -OCH3 is 1. The summed E-state index contributed by atoms with van der Waals surface area (Å²) >= 11 is 5.89. The molecule has 0 aliphatic carbocycles. The monoisotopic (exact) mass is 300 g/mol. The van der Waals surface area contributed by atoms with Gasteiger partial charge in [-0.05, 0) is 42.3 Å². The number of halogens is 1. The number of benzene rings is 2. The Labute approximate surface area is 126 Å². The molecule has 0 aliphatic heterocycles. The lowest BCUT2D eigenvalue weighted by molar-refractivity contribution is 0.414. The minimum Gasteiger partial charge on any atom is -0.497 e. The highest BCUT2D eigenvalue weighted by Crippen LogP contribution is 2.29. The fourth-order valence-electron chi connectivity index (χ4n) is 2.41. The third-order valence-corrected chi connectivity index (χ3v) is 3.76. The Kier molecular flexibility index (Phi) is 3.43. The molecule has 1 aromatic heterocycles. The molecule has 0 N–H and O–H groups in total. The zero-order valence-electron chi connectivity index (χ0n) is 11.6. The fraction of sp³-hybridized carbons (Fsp3) is 0.118. The fourth-order valence-corrected chi connectivity index (χ4v) is 2.54. The SMILES string of the molecule is COc1ccc2c(C)c(-c3ccc(Cl)cc3)c(=O)oc2c1. The van der Waals surface area contributed by atoms with E-state index in [2.05, 4.69) is 0 Å². The molecule has 0 amide bonds. The zero-order chi connectivity index (χ0) is 15.0. The first-order valence-corrected chi connectivity index (χ1v) is 6.85. The second kappa shape index (κ2) is 5.26. The van der Waals surface area contributed by atoms with E-state index in [0.717, 1.165) is 16.5 Å². The van der Waals surface area contributed by atoms with Crippen molar-refractivity contribution >= 4 is 22.6 Å². The molecular weight excluding hydrogens is 288 g/mol. The molecule has 0 radical (unpaired) electrons. The Hall–Kier alpha value is -2.26. The maximum absolute atomic E-state index is 12.3. The van der Waals surface area contributed by atoms with Crippen molar-refractivity contribution in [3.63, 3.8) is 0 Å². The van der Waals surface area contributed by atoms with Crippen LogP contribution >= 0.6 is 11.6 Å². The summed E-state index contributed by atoms with van der Waals surface area (Å²) in [5.74, 6) is 0.657. The Bertz CT molecular complexity index is 864. The van der Waals surface area contributed by atoms with Crippen molar-refractivity contribution in [2.45, 2.75) is 6.92 Å². The molecule has 0 saturated heterocycles. The van der Waals surface area contributed by atoms with Gasteiger partial charge in [0.25, 0.3) is 0 Å². The average molecular weight is 301 g/mol. The van der Waals surface area contributed by atoms with Crippen LogP contribution in [0.5, 0.6) is 5.75 Å². The molecule has 3 rings (SSSR count).